The molecule has 1 atom stereocenters. The predicted octanol–water partition coefficient (Wildman–Crippen LogP) is 3.18. The first-order chi connectivity index (χ1) is 8.38. The van der Waals surface area contributed by atoms with E-state index in [2.05, 4.69) is 29.4 Å². The van der Waals surface area contributed by atoms with Gasteiger partial charge in [-0.05, 0) is 43.0 Å². The van der Waals surface area contributed by atoms with Crippen LogP contribution in [0.2, 0.25) is 0 Å². The average Bonchev–Trinajstić information content (AvgIpc) is 2.83. The zero-order chi connectivity index (χ0) is 11.9. The molecule has 0 radical (unpaired) electrons. The van der Waals surface area contributed by atoms with E-state index in [-0.39, 0.29) is 0 Å². The number of nitrogens with one attached hydrogen (secondary N) is 1. The van der Waals surface area contributed by atoms with Crippen LogP contribution in [0.4, 0.5) is 0 Å². The first kappa shape index (κ1) is 12.6. The third kappa shape index (κ3) is 4.12. The molecule has 1 aromatic heterocycles. The molecular formula is C15H24N2. The maximum absolute atomic E-state index is 4.08. The summed E-state index contributed by atoms with van der Waals surface area (Å²) in [6.45, 7) is 3.27. The van der Waals surface area contributed by atoms with E-state index in [9.17, 15) is 0 Å². The number of likely N-dealkylation sites (N-methyl/N-ethyl adjacent to an activating group) is 1. The Bertz CT molecular complexity index is 304. The maximum atomic E-state index is 4.08. The molecule has 1 aliphatic carbocycles. The van der Waals surface area contributed by atoms with Crippen molar-refractivity contribution >= 4 is 0 Å². The Morgan fingerprint density at radius 3 is 2.65 bits per heavy atom. The van der Waals surface area contributed by atoms with E-state index < -0.39 is 0 Å². The number of rotatable bonds is 6. The second-order valence-electron chi connectivity index (χ2n) is 5.20. The van der Waals surface area contributed by atoms with Crippen molar-refractivity contribution < 1.29 is 0 Å². The molecule has 1 N–H and O–H groups in total. The highest BCUT2D eigenvalue weighted by Gasteiger charge is 2.19. The van der Waals surface area contributed by atoms with Gasteiger partial charge in [0.15, 0.2) is 0 Å². The van der Waals surface area contributed by atoms with Gasteiger partial charge >= 0.3 is 0 Å². The summed E-state index contributed by atoms with van der Waals surface area (Å²) in [7, 11) is 0. The van der Waals surface area contributed by atoms with Crippen LogP contribution >= 0.6 is 0 Å². The first-order valence-electron chi connectivity index (χ1n) is 7.00. The van der Waals surface area contributed by atoms with Crippen molar-refractivity contribution in [2.45, 2.75) is 51.5 Å². The van der Waals surface area contributed by atoms with Crippen LogP contribution < -0.4 is 5.32 Å². The topological polar surface area (TPSA) is 24.9 Å². The Labute approximate surface area is 105 Å². The monoisotopic (exact) mass is 232 g/mol. The van der Waals surface area contributed by atoms with Crippen LogP contribution in [0.25, 0.3) is 0 Å². The zero-order valence-electron chi connectivity index (χ0n) is 10.9. The Hall–Kier alpha value is -0.890. The number of aromatic nitrogens is 1. The second-order valence-corrected chi connectivity index (χ2v) is 5.20. The van der Waals surface area contributed by atoms with E-state index in [1.807, 2.05) is 12.4 Å². The Kier molecular flexibility index (Phi) is 4.99. The molecule has 17 heavy (non-hydrogen) atoms. The van der Waals surface area contributed by atoms with Crippen LogP contribution in [0.5, 0.6) is 0 Å². The maximum Gasteiger partial charge on any atom is 0.0270 e. The third-order valence-corrected chi connectivity index (χ3v) is 3.82. The largest absolute Gasteiger partial charge is 0.314 e. The molecule has 0 amide bonds. The molecule has 1 aromatic rings. The van der Waals surface area contributed by atoms with Crippen LogP contribution in [0.15, 0.2) is 24.5 Å². The van der Waals surface area contributed by atoms with Crippen LogP contribution in [-0.2, 0) is 6.42 Å². The molecule has 1 unspecified atom stereocenters. The van der Waals surface area contributed by atoms with Crippen molar-refractivity contribution in [2.75, 3.05) is 6.54 Å². The van der Waals surface area contributed by atoms with Gasteiger partial charge < -0.3 is 5.32 Å². The zero-order valence-corrected chi connectivity index (χ0v) is 10.9. The van der Waals surface area contributed by atoms with Crippen molar-refractivity contribution in [1.29, 1.82) is 0 Å². The molecule has 0 aromatic carbocycles. The number of nitrogens with zero attached hydrogens (tertiary/aromatic N) is 1. The van der Waals surface area contributed by atoms with Crippen molar-refractivity contribution in [3.05, 3.63) is 30.1 Å². The number of hydrogen-bond donors (Lipinski definition) is 1. The van der Waals surface area contributed by atoms with Crippen molar-refractivity contribution in [1.82, 2.24) is 10.3 Å². The Morgan fingerprint density at radius 1 is 1.29 bits per heavy atom. The number of hydrogen-bond acceptors (Lipinski definition) is 2. The lowest BCUT2D eigenvalue weighted by atomic mass is 9.94. The first-order valence-corrected chi connectivity index (χ1v) is 7.00. The van der Waals surface area contributed by atoms with Gasteiger partial charge in [0.2, 0.25) is 0 Å². The molecule has 1 heterocycles. The van der Waals surface area contributed by atoms with Gasteiger partial charge in [0, 0.05) is 18.4 Å². The molecule has 1 saturated carbocycles. The SMILES string of the molecule is CCNC(Cc1ccncc1)CC1CCCC1. The molecule has 2 heteroatoms. The fourth-order valence-electron chi connectivity index (χ4n) is 2.98. The van der Waals surface area contributed by atoms with Crippen molar-refractivity contribution in [3.63, 3.8) is 0 Å². The van der Waals surface area contributed by atoms with Crippen LogP contribution in [-0.4, -0.2) is 17.6 Å². The van der Waals surface area contributed by atoms with Gasteiger partial charge in [0.25, 0.3) is 0 Å². The van der Waals surface area contributed by atoms with Gasteiger partial charge in [-0.15, -0.1) is 0 Å². The molecule has 2 rings (SSSR count). The summed E-state index contributed by atoms with van der Waals surface area (Å²) in [6.07, 6.45) is 12.1. The lowest BCUT2D eigenvalue weighted by Gasteiger charge is -2.21. The Morgan fingerprint density at radius 2 is 2.00 bits per heavy atom. The summed E-state index contributed by atoms with van der Waals surface area (Å²) in [4.78, 5) is 4.08. The molecule has 1 aliphatic rings. The highest BCUT2D eigenvalue weighted by Crippen LogP contribution is 2.29. The van der Waals surface area contributed by atoms with E-state index in [0.29, 0.717) is 6.04 Å². The quantitative estimate of drug-likeness (QED) is 0.815. The summed E-state index contributed by atoms with van der Waals surface area (Å²) >= 11 is 0. The van der Waals surface area contributed by atoms with Gasteiger partial charge in [0.1, 0.15) is 0 Å². The van der Waals surface area contributed by atoms with Gasteiger partial charge in [0.05, 0.1) is 0 Å². The summed E-state index contributed by atoms with van der Waals surface area (Å²) < 4.78 is 0. The molecule has 2 nitrogen and oxygen atoms in total. The minimum Gasteiger partial charge on any atom is -0.314 e. The average molecular weight is 232 g/mol. The molecule has 0 spiro atoms. The van der Waals surface area contributed by atoms with Gasteiger partial charge in [-0.3, -0.25) is 4.98 Å². The normalized spacial score (nSPS) is 18.4. The van der Waals surface area contributed by atoms with Crippen LogP contribution in [0, 0.1) is 5.92 Å². The van der Waals surface area contributed by atoms with Crippen LogP contribution in [0.1, 0.15) is 44.6 Å². The second kappa shape index (κ2) is 6.75. The molecule has 1 fully saturated rings. The molecule has 0 bridgehead atoms. The number of pyridine rings is 1. The van der Waals surface area contributed by atoms with E-state index >= 15 is 0 Å². The summed E-state index contributed by atoms with van der Waals surface area (Å²) in [6, 6.07) is 4.92. The fraction of sp³-hybridized carbons (Fsp3) is 0.667. The smallest absolute Gasteiger partial charge is 0.0270 e. The minimum atomic E-state index is 0.644. The lowest BCUT2D eigenvalue weighted by Crippen LogP contribution is -2.32. The summed E-state index contributed by atoms with van der Waals surface area (Å²) in [5, 5.41) is 3.64. The van der Waals surface area contributed by atoms with Crippen molar-refractivity contribution in [3.8, 4) is 0 Å². The Balaban J connectivity index is 1.87. The fourth-order valence-corrected chi connectivity index (χ4v) is 2.98. The highest BCUT2D eigenvalue weighted by molar-refractivity contribution is 5.11. The van der Waals surface area contributed by atoms with Gasteiger partial charge in [-0.2, -0.15) is 0 Å². The molecular weight excluding hydrogens is 208 g/mol. The van der Waals surface area contributed by atoms with E-state index in [1.165, 1.54) is 37.7 Å². The summed E-state index contributed by atoms with van der Waals surface area (Å²) in [5.74, 6) is 0.959. The molecule has 0 aliphatic heterocycles. The highest BCUT2D eigenvalue weighted by atomic mass is 14.9. The van der Waals surface area contributed by atoms with E-state index in [0.717, 1.165) is 18.9 Å². The summed E-state index contributed by atoms with van der Waals surface area (Å²) in [5.41, 5.74) is 1.41. The third-order valence-electron chi connectivity index (χ3n) is 3.82. The standard InChI is InChI=1S/C15H24N2/c1-2-17-15(11-13-5-3-4-6-13)12-14-7-9-16-10-8-14/h7-10,13,15,17H,2-6,11-12H2,1H3. The van der Waals surface area contributed by atoms with Gasteiger partial charge in [-0.1, -0.05) is 32.6 Å². The van der Waals surface area contributed by atoms with Gasteiger partial charge in [-0.25, -0.2) is 0 Å². The minimum absolute atomic E-state index is 0.644. The van der Waals surface area contributed by atoms with E-state index in [4.69, 9.17) is 0 Å². The molecule has 94 valence electrons. The van der Waals surface area contributed by atoms with Crippen LogP contribution in [0.3, 0.4) is 0 Å². The molecule has 0 saturated heterocycles. The predicted molar refractivity (Wildman–Crippen MR) is 72.0 cm³/mol. The van der Waals surface area contributed by atoms with E-state index in [1.54, 1.807) is 0 Å². The van der Waals surface area contributed by atoms with Crippen molar-refractivity contribution in [2.24, 2.45) is 5.92 Å². The lowest BCUT2D eigenvalue weighted by molar-refractivity contribution is 0.390.